The van der Waals surface area contributed by atoms with Crippen molar-refractivity contribution in [2.45, 2.75) is 6.42 Å². The Kier molecular flexibility index (Phi) is 8.99. The number of halogens is 1. The van der Waals surface area contributed by atoms with Crippen molar-refractivity contribution in [2.75, 3.05) is 28.4 Å². The molecule has 0 N–H and O–H groups in total. The van der Waals surface area contributed by atoms with Crippen LogP contribution >= 0.6 is 0 Å². The molecule has 3 aromatic carbocycles. The number of ether oxygens (including phenoxy) is 4. The molecule has 0 aliphatic heterocycles. The van der Waals surface area contributed by atoms with Crippen molar-refractivity contribution in [3.8, 4) is 23.0 Å². The summed E-state index contributed by atoms with van der Waals surface area (Å²) in [7, 11) is 5.90. The molecule has 9 heteroatoms. The minimum Gasteiger partial charge on any atom is -0.494 e. The van der Waals surface area contributed by atoms with Crippen molar-refractivity contribution in [3.05, 3.63) is 98.9 Å². The van der Waals surface area contributed by atoms with E-state index in [1.54, 1.807) is 42.5 Å². The van der Waals surface area contributed by atoms with E-state index in [2.05, 4.69) is 0 Å². The van der Waals surface area contributed by atoms with Crippen molar-refractivity contribution in [2.24, 2.45) is 0 Å². The van der Waals surface area contributed by atoms with Gasteiger partial charge in [0.15, 0.2) is 28.8 Å². The summed E-state index contributed by atoms with van der Waals surface area (Å²) < 4.78 is 35.8. The minimum absolute atomic E-state index is 0.0112. The topological polar surface area (TPSA) is 97.1 Å². The first-order valence-electron chi connectivity index (χ1n) is 11.1. The number of nitro benzene ring substituents is 1. The SMILES string of the molecule is COc1cc(C/C=C\C(=O)c2ccccc2[N+](=O)[O-])c(/C=C\c2cc(OC)c(OC)c(OC)c2)cc1F. The van der Waals surface area contributed by atoms with Crippen LogP contribution < -0.4 is 18.9 Å². The minimum atomic E-state index is -0.599. The van der Waals surface area contributed by atoms with Gasteiger partial charge in [-0.1, -0.05) is 30.4 Å². The first-order chi connectivity index (χ1) is 17.8. The fraction of sp³-hybridized carbons (Fsp3) is 0.179. The monoisotopic (exact) mass is 507 g/mol. The van der Waals surface area contributed by atoms with E-state index in [9.17, 15) is 19.3 Å². The Labute approximate surface area is 213 Å². The largest absolute Gasteiger partial charge is 0.494 e. The van der Waals surface area contributed by atoms with Crippen LogP contribution in [0, 0.1) is 15.9 Å². The molecule has 0 aliphatic rings. The average Bonchev–Trinajstić information content (AvgIpc) is 2.91. The molecule has 3 aromatic rings. The number of hydrogen-bond acceptors (Lipinski definition) is 7. The summed E-state index contributed by atoms with van der Waals surface area (Å²) in [5.41, 5.74) is 1.67. The number of carbonyl (C=O) groups excluding carboxylic acids is 1. The zero-order chi connectivity index (χ0) is 26.9. The molecule has 0 radical (unpaired) electrons. The molecule has 0 unspecified atom stereocenters. The van der Waals surface area contributed by atoms with Crippen LogP contribution in [-0.4, -0.2) is 39.1 Å². The van der Waals surface area contributed by atoms with E-state index in [0.717, 1.165) is 5.56 Å². The molecule has 0 bridgehead atoms. The molecule has 0 atom stereocenters. The highest BCUT2D eigenvalue weighted by molar-refractivity contribution is 6.07. The maximum absolute atomic E-state index is 14.5. The van der Waals surface area contributed by atoms with Crippen molar-refractivity contribution in [3.63, 3.8) is 0 Å². The van der Waals surface area contributed by atoms with Gasteiger partial charge < -0.3 is 18.9 Å². The molecule has 192 valence electrons. The molecule has 8 nitrogen and oxygen atoms in total. The van der Waals surface area contributed by atoms with E-state index in [-0.39, 0.29) is 23.4 Å². The Morgan fingerprint density at radius 3 is 2.16 bits per heavy atom. The summed E-state index contributed by atoms with van der Waals surface area (Å²) in [5.74, 6) is 0.398. The van der Waals surface area contributed by atoms with Gasteiger partial charge in [0.25, 0.3) is 5.69 Å². The van der Waals surface area contributed by atoms with Gasteiger partial charge >= 0.3 is 0 Å². The lowest BCUT2D eigenvalue weighted by Crippen LogP contribution is -2.01. The Bertz CT molecular complexity index is 1340. The van der Waals surface area contributed by atoms with Crippen molar-refractivity contribution in [1.82, 2.24) is 0 Å². The third kappa shape index (κ3) is 6.32. The average molecular weight is 508 g/mol. The summed E-state index contributed by atoms with van der Waals surface area (Å²) >= 11 is 0. The number of nitrogens with zero attached hydrogens (tertiary/aromatic N) is 1. The molecule has 0 amide bonds. The molecule has 0 fully saturated rings. The lowest BCUT2D eigenvalue weighted by Gasteiger charge is -2.13. The first kappa shape index (κ1) is 26.9. The molecule has 37 heavy (non-hydrogen) atoms. The molecule has 0 saturated heterocycles. The van der Waals surface area contributed by atoms with Gasteiger partial charge in [-0.15, -0.1) is 0 Å². The van der Waals surface area contributed by atoms with Gasteiger partial charge in [0.1, 0.15) is 0 Å². The van der Waals surface area contributed by atoms with Crippen LogP contribution in [0.4, 0.5) is 10.1 Å². The Hall–Kier alpha value is -4.66. The fourth-order valence-electron chi connectivity index (χ4n) is 3.71. The van der Waals surface area contributed by atoms with Gasteiger partial charge in [-0.3, -0.25) is 14.9 Å². The van der Waals surface area contributed by atoms with Crippen LogP contribution in [0.2, 0.25) is 0 Å². The predicted octanol–water partition coefficient (Wildman–Crippen LogP) is 5.92. The lowest BCUT2D eigenvalue weighted by molar-refractivity contribution is -0.385. The Morgan fingerprint density at radius 1 is 0.919 bits per heavy atom. The van der Waals surface area contributed by atoms with E-state index >= 15 is 0 Å². The normalized spacial score (nSPS) is 11.1. The highest BCUT2D eigenvalue weighted by atomic mass is 19.1. The molecule has 0 heterocycles. The summed E-state index contributed by atoms with van der Waals surface area (Å²) in [6.45, 7) is 0. The van der Waals surface area contributed by atoms with E-state index < -0.39 is 16.5 Å². The smallest absolute Gasteiger partial charge is 0.280 e. The van der Waals surface area contributed by atoms with Crippen LogP contribution in [0.15, 0.2) is 60.7 Å². The summed E-state index contributed by atoms with van der Waals surface area (Å²) in [5, 5.41) is 11.2. The van der Waals surface area contributed by atoms with E-state index in [1.165, 1.54) is 58.8 Å². The third-order valence-corrected chi connectivity index (χ3v) is 5.53. The third-order valence-electron chi connectivity index (χ3n) is 5.53. The second kappa shape index (κ2) is 12.3. The number of para-hydroxylation sites is 1. The van der Waals surface area contributed by atoms with Gasteiger partial charge in [-0.2, -0.15) is 0 Å². The summed E-state index contributed by atoms with van der Waals surface area (Å²) in [4.78, 5) is 23.2. The van der Waals surface area contributed by atoms with Crippen molar-refractivity contribution < 1.29 is 33.1 Å². The molecule has 3 rings (SSSR count). The maximum atomic E-state index is 14.5. The second-order valence-electron chi connectivity index (χ2n) is 7.72. The van der Waals surface area contributed by atoms with E-state index in [1.807, 2.05) is 0 Å². The molecular formula is C28H26FNO7. The number of ketones is 1. The number of methoxy groups -OCH3 is 4. The van der Waals surface area contributed by atoms with Gasteiger partial charge in [0.05, 0.1) is 38.9 Å². The molecule has 0 spiro atoms. The standard InChI is InChI=1S/C28H26FNO7/c1-34-25-17-19(8-7-11-24(31)21-9-5-6-10-23(21)30(32)33)20(16-22(25)29)13-12-18-14-26(35-2)28(37-4)27(15-18)36-3/h5-7,9-17H,8H2,1-4H3/b11-7-,13-12-. The van der Waals surface area contributed by atoms with Crippen LogP contribution in [0.1, 0.15) is 27.0 Å². The van der Waals surface area contributed by atoms with Crippen LogP contribution in [-0.2, 0) is 6.42 Å². The molecule has 0 aliphatic carbocycles. The van der Waals surface area contributed by atoms with Crippen LogP contribution in [0.3, 0.4) is 0 Å². The number of hydrogen-bond donors (Lipinski definition) is 0. The first-order valence-corrected chi connectivity index (χ1v) is 11.1. The van der Waals surface area contributed by atoms with Crippen LogP contribution in [0.25, 0.3) is 12.2 Å². The zero-order valence-corrected chi connectivity index (χ0v) is 20.8. The lowest BCUT2D eigenvalue weighted by atomic mass is 10.0. The number of nitro groups is 1. The number of carbonyl (C=O) groups is 1. The zero-order valence-electron chi connectivity index (χ0n) is 20.8. The van der Waals surface area contributed by atoms with Gasteiger partial charge in [-0.05, 0) is 59.5 Å². The summed E-state index contributed by atoms with van der Waals surface area (Å²) in [6, 6.07) is 12.1. The quantitative estimate of drug-likeness (QED) is 0.104. The second-order valence-corrected chi connectivity index (χ2v) is 7.72. The van der Waals surface area contributed by atoms with E-state index in [4.69, 9.17) is 18.9 Å². The predicted molar refractivity (Wildman–Crippen MR) is 138 cm³/mol. The van der Waals surface area contributed by atoms with Gasteiger partial charge in [0, 0.05) is 6.07 Å². The summed E-state index contributed by atoms with van der Waals surface area (Å²) in [6.07, 6.45) is 6.57. The highest BCUT2D eigenvalue weighted by Crippen LogP contribution is 2.38. The highest BCUT2D eigenvalue weighted by Gasteiger charge is 2.17. The molecule has 0 saturated carbocycles. The fourth-order valence-corrected chi connectivity index (χ4v) is 3.71. The van der Waals surface area contributed by atoms with Crippen LogP contribution in [0.5, 0.6) is 23.0 Å². The molecular weight excluding hydrogens is 481 g/mol. The Balaban J connectivity index is 1.92. The van der Waals surface area contributed by atoms with Crippen molar-refractivity contribution >= 4 is 23.6 Å². The molecule has 0 aromatic heterocycles. The number of benzene rings is 3. The Morgan fingerprint density at radius 2 is 1.57 bits per heavy atom. The van der Waals surface area contributed by atoms with Gasteiger partial charge in [-0.25, -0.2) is 4.39 Å². The van der Waals surface area contributed by atoms with Crippen molar-refractivity contribution in [1.29, 1.82) is 0 Å². The van der Waals surface area contributed by atoms with E-state index in [0.29, 0.717) is 28.4 Å². The number of allylic oxidation sites excluding steroid dienone is 2. The number of rotatable bonds is 11. The maximum Gasteiger partial charge on any atom is 0.280 e. The van der Waals surface area contributed by atoms with Gasteiger partial charge in [0.2, 0.25) is 5.75 Å².